The molecule has 0 unspecified atom stereocenters. The van der Waals surface area contributed by atoms with Gasteiger partial charge < -0.3 is 10.1 Å². The number of anilines is 1. The summed E-state index contributed by atoms with van der Waals surface area (Å²) < 4.78 is 8.14. The zero-order chi connectivity index (χ0) is 17.2. The lowest BCUT2D eigenvalue weighted by Gasteiger charge is -2.01. The summed E-state index contributed by atoms with van der Waals surface area (Å²) in [6.07, 6.45) is 3.73. The topological polar surface area (TPSA) is 68.5 Å². The van der Waals surface area contributed by atoms with Crippen LogP contribution in [0.5, 0.6) is 5.75 Å². The van der Waals surface area contributed by atoms with Crippen LogP contribution in [0.2, 0.25) is 0 Å². The Labute approximate surface area is 151 Å². The van der Waals surface area contributed by atoms with Gasteiger partial charge in [-0.15, -0.1) is 0 Å². The highest BCUT2D eigenvalue weighted by atomic mass is 32.2. The van der Waals surface area contributed by atoms with Crippen LogP contribution < -0.4 is 10.1 Å². The van der Waals surface area contributed by atoms with E-state index in [1.807, 2.05) is 47.0 Å². The van der Waals surface area contributed by atoms with Crippen molar-refractivity contribution < 1.29 is 9.53 Å². The van der Waals surface area contributed by atoms with Crippen LogP contribution in [0.3, 0.4) is 0 Å². The molecule has 25 heavy (non-hydrogen) atoms. The standard InChI is InChI=1S/C17H14N4O2S2/c1-23-12-5-6-13-14(8-12)25-16(19-13)20-15(22)10-24-17-18-9-11-4-2-3-7-21(11)17/h2-9H,10H2,1H3,(H,19,20,22). The number of pyridine rings is 1. The first kappa shape index (κ1) is 15.9. The van der Waals surface area contributed by atoms with Crippen molar-refractivity contribution in [3.05, 3.63) is 48.8 Å². The van der Waals surface area contributed by atoms with E-state index in [0.717, 1.165) is 26.6 Å². The maximum atomic E-state index is 12.2. The number of carbonyl (C=O) groups excluding carboxylic acids is 1. The number of nitrogens with zero attached hydrogens (tertiary/aromatic N) is 3. The van der Waals surface area contributed by atoms with Crippen LogP contribution >= 0.6 is 23.1 Å². The molecule has 3 heterocycles. The molecular formula is C17H14N4O2S2. The van der Waals surface area contributed by atoms with E-state index in [-0.39, 0.29) is 11.7 Å². The van der Waals surface area contributed by atoms with Gasteiger partial charge in [0.2, 0.25) is 5.91 Å². The third kappa shape index (κ3) is 3.31. The van der Waals surface area contributed by atoms with Crippen LogP contribution in [-0.2, 0) is 4.79 Å². The third-order valence-corrected chi connectivity index (χ3v) is 5.48. The molecule has 4 rings (SSSR count). The van der Waals surface area contributed by atoms with E-state index in [1.54, 1.807) is 13.3 Å². The summed E-state index contributed by atoms with van der Waals surface area (Å²) in [6.45, 7) is 0. The van der Waals surface area contributed by atoms with Gasteiger partial charge in [-0.05, 0) is 30.3 Å². The van der Waals surface area contributed by atoms with Gasteiger partial charge in [-0.25, -0.2) is 9.97 Å². The summed E-state index contributed by atoms with van der Waals surface area (Å²) in [4.78, 5) is 21.0. The third-order valence-electron chi connectivity index (χ3n) is 3.58. The van der Waals surface area contributed by atoms with E-state index in [0.29, 0.717) is 5.13 Å². The van der Waals surface area contributed by atoms with Crippen molar-refractivity contribution in [1.82, 2.24) is 14.4 Å². The van der Waals surface area contributed by atoms with Crippen molar-refractivity contribution in [1.29, 1.82) is 0 Å². The summed E-state index contributed by atoms with van der Waals surface area (Å²) in [5.41, 5.74) is 1.85. The number of aromatic nitrogens is 3. The van der Waals surface area contributed by atoms with E-state index in [1.165, 1.54) is 23.1 Å². The van der Waals surface area contributed by atoms with Crippen LogP contribution in [0.1, 0.15) is 0 Å². The Kier molecular flexibility index (Phi) is 4.29. The molecule has 8 heteroatoms. The molecular weight excluding hydrogens is 356 g/mol. The van der Waals surface area contributed by atoms with Gasteiger partial charge in [0.1, 0.15) is 5.75 Å². The number of benzene rings is 1. The fourth-order valence-corrected chi connectivity index (χ4v) is 4.07. The van der Waals surface area contributed by atoms with Gasteiger partial charge in [-0.2, -0.15) is 0 Å². The largest absolute Gasteiger partial charge is 0.497 e. The number of methoxy groups -OCH3 is 1. The first-order valence-corrected chi connectivity index (χ1v) is 9.32. The van der Waals surface area contributed by atoms with Crippen molar-refractivity contribution in [3.63, 3.8) is 0 Å². The number of nitrogens with one attached hydrogen (secondary N) is 1. The van der Waals surface area contributed by atoms with Crippen molar-refractivity contribution in [2.24, 2.45) is 0 Å². The van der Waals surface area contributed by atoms with E-state index >= 15 is 0 Å². The molecule has 0 saturated heterocycles. The highest BCUT2D eigenvalue weighted by Crippen LogP contribution is 2.29. The van der Waals surface area contributed by atoms with E-state index in [9.17, 15) is 4.79 Å². The van der Waals surface area contributed by atoms with Gasteiger partial charge >= 0.3 is 0 Å². The zero-order valence-corrected chi connectivity index (χ0v) is 14.9. The van der Waals surface area contributed by atoms with Crippen molar-refractivity contribution in [2.75, 3.05) is 18.2 Å². The minimum Gasteiger partial charge on any atom is -0.497 e. The van der Waals surface area contributed by atoms with Gasteiger partial charge in [0, 0.05) is 6.20 Å². The monoisotopic (exact) mass is 370 g/mol. The molecule has 4 aromatic rings. The van der Waals surface area contributed by atoms with Crippen LogP contribution in [-0.4, -0.2) is 33.1 Å². The number of imidazole rings is 1. The quantitative estimate of drug-likeness (QED) is 0.543. The Bertz CT molecular complexity index is 1060. The van der Waals surface area contributed by atoms with Crippen LogP contribution in [0.4, 0.5) is 5.13 Å². The summed E-state index contributed by atoms with van der Waals surface area (Å²) in [7, 11) is 1.63. The average molecular weight is 370 g/mol. The second-order valence-corrected chi connectivity index (χ2v) is 7.20. The number of amides is 1. The molecule has 3 aromatic heterocycles. The molecule has 0 radical (unpaired) electrons. The molecule has 6 nitrogen and oxygen atoms in total. The molecule has 0 bridgehead atoms. The highest BCUT2D eigenvalue weighted by Gasteiger charge is 2.11. The number of rotatable bonds is 5. The lowest BCUT2D eigenvalue weighted by molar-refractivity contribution is -0.113. The van der Waals surface area contributed by atoms with Gasteiger partial charge in [0.15, 0.2) is 10.3 Å². The van der Waals surface area contributed by atoms with E-state index < -0.39 is 0 Å². The van der Waals surface area contributed by atoms with Crippen LogP contribution in [0.25, 0.3) is 15.7 Å². The van der Waals surface area contributed by atoms with Gasteiger partial charge in [-0.1, -0.05) is 29.2 Å². The minimum atomic E-state index is -0.108. The molecule has 0 spiro atoms. The minimum absolute atomic E-state index is 0.108. The number of carbonyl (C=O) groups is 1. The van der Waals surface area contributed by atoms with Crippen molar-refractivity contribution >= 4 is 49.9 Å². The number of ether oxygens (including phenoxy) is 1. The molecule has 0 aliphatic rings. The lowest BCUT2D eigenvalue weighted by atomic mass is 10.3. The fourth-order valence-electron chi connectivity index (χ4n) is 2.40. The lowest BCUT2D eigenvalue weighted by Crippen LogP contribution is -2.14. The van der Waals surface area contributed by atoms with Crippen LogP contribution in [0, 0.1) is 0 Å². The first-order chi connectivity index (χ1) is 12.2. The number of hydrogen-bond donors (Lipinski definition) is 1. The molecule has 0 saturated carbocycles. The highest BCUT2D eigenvalue weighted by molar-refractivity contribution is 7.99. The van der Waals surface area contributed by atoms with E-state index in [4.69, 9.17) is 4.74 Å². The predicted octanol–water partition coefficient (Wildman–Crippen LogP) is 3.68. The molecule has 126 valence electrons. The number of thiazole rings is 1. The van der Waals surface area contributed by atoms with Crippen molar-refractivity contribution in [3.8, 4) is 5.75 Å². The average Bonchev–Trinajstić information content (AvgIpc) is 3.22. The Balaban J connectivity index is 1.43. The Morgan fingerprint density at radius 1 is 1.36 bits per heavy atom. The molecule has 0 aliphatic carbocycles. The second kappa shape index (κ2) is 6.73. The summed E-state index contributed by atoms with van der Waals surface area (Å²) in [5.74, 6) is 0.937. The number of hydrogen-bond acceptors (Lipinski definition) is 6. The molecule has 1 N–H and O–H groups in total. The molecule has 0 aliphatic heterocycles. The first-order valence-electron chi connectivity index (χ1n) is 7.52. The van der Waals surface area contributed by atoms with Gasteiger partial charge in [-0.3, -0.25) is 9.20 Å². The summed E-state index contributed by atoms with van der Waals surface area (Å²) in [6, 6.07) is 11.5. The Morgan fingerprint density at radius 2 is 2.28 bits per heavy atom. The van der Waals surface area contributed by atoms with Gasteiger partial charge in [0.05, 0.1) is 34.8 Å². The Hall–Kier alpha value is -2.58. The normalized spacial score (nSPS) is 11.1. The fraction of sp³-hybridized carbons (Fsp3) is 0.118. The number of fused-ring (bicyclic) bond motifs is 2. The second-order valence-electron chi connectivity index (χ2n) is 5.23. The summed E-state index contributed by atoms with van der Waals surface area (Å²) >= 11 is 2.82. The molecule has 1 amide bonds. The molecule has 0 fully saturated rings. The summed E-state index contributed by atoms with van der Waals surface area (Å²) in [5, 5.41) is 4.23. The zero-order valence-electron chi connectivity index (χ0n) is 13.3. The van der Waals surface area contributed by atoms with Gasteiger partial charge in [0.25, 0.3) is 0 Å². The number of thioether (sulfide) groups is 1. The predicted molar refractivity (Wildman–Crippen MR) is 101 cm³/mol. The smallest absolute Gasteiger partial charge is 0.236 e. The molecule has 1 aromatic carbocycles. The van der Waals surface area contributed by atoms with E-state index in [2.05, 4.69) is 15.3 Å². The maximum absolute atomic E-state index is 12.2. The Morgan fingerprint density at radius 3 is 3.16 bits per heavy atom. The van der Waals surface area contributed by atoms with Crippen LogP contribution in [0.15, 0.2) is 53.9 Å². The van der Waals surface area contributed by atoms with Crippen molar-refractivity contribution in [2.45, 2.75) is 5.16 Å². The SMILES string of the molecule is COc1ccc2nc(NC(=O)CSc3ncc4ccccn34)sc2c1. The molecule has 0 atom stereocenters. The maximum Gasteiger partial charge on any atom is 0.236 e.